The number of benzene rings is 2. The molecular weight excluding hydrogens is 258 g/mol. The van der Waals surface area contributed by atoms with E-state index < -0.39 is 4.92 Å². The molecule has 0 amide bonds. The van der Waals surface area contributed by atoms with Crippen molar-refractivity contribution in [1.29, 1.82) is 0 Å². The van der Waals surface area contributed by atoms with Gasteiger partial charge < -0.3 is 16.0 Å². The van der Waals surface area contributed by atoms with E-state index in [4.69, 9.17) is 5.73 Å². The Morgan fingerprint density at radius 1 is 1.25 bits per heavy atom. The summed E-state index contributed by atoms with van der Waals surface area (Å²) in [5, 5.41) is 13.8. The Kier molecular flexibility index (Phi) is 2.72. The van der Waals surface area contributed by atoms with Gasteiger partial charge in [-0.3, -0.25) is 10.1 Å². The third-order valence-electron chi connectivity index (χ3n) is 2.83. The number of aromatic amines is 1. The van der Waals surface area contributed by atoms with E-state index in [-0.39, 0.29) is 5.69 Å². The molecule has 2 aromatic carbocycles. The van der Waals surface area contributed by atoms with Crippen LogP contribution in [0.5, 0.6) is 0 Å². The van der Waals surface area contributed by atoms with Gasteiger partial charge in [-0.1, -0.05) is 6.07 Å². The Morgan fingerprint density at radius 2 is 2.10 bits per heavy atom. The number of fused-ring (bicyclic) bond motifs is 1. The van der Waals surface area contributed by atoms with Gasteiger partial charge in [0, 0.05) is 23.5 Å². The first-order chi connectivity index (χ1) is 9.61. The van der Waals surface area contributed by atoms with Crippen molar-refractivity contribution in [3.05, 3.63) is 52.6 Å². The highest BCUT2D eigenvalue weighted by Crippen LogP contribution is 2.22. The first-order valence-electron chi connectivity index (χ1n) is 5.88. The number of nitrogens with two attached hydrogens (primary N) is 1. The molecule has 0 spiro atoms. The average molecular weight is 269 g/mol. The van der Waals surface area contributed by atoms with Crippen LogP contribution in [0.4, 0.5) is 23.0 Å². The summed E-state index contributed by atoms with van der Waals surface area (Å²) in [7, 11) is 0. The van der Waals surface area contributed by atoms with E-state index in [1.165, 1.54) is 12.1 Å². The van der Waals surface area contributed by atoms with E-state index in [9.17, 15) is 10.1 Å². The molecule has 0 radical (unpaired) electrons. The molecule has 100 valence electrons. The van der Waals surface area contributed by atoms with Gasteiger partial charge in [0.15, 0.2) is 0 Å². The van der Waals surface area contributed by atoms with Gasteiger partial charge in [-0.15, -0.1) is 0 Å². The number of aromatic nitrogens is 2. The minimum atomic E-state index is -0.439. The lowest BCUT2D eigenvalue weighted by molar-refractivity contribution is -0.384. The molecule has 0 saturated heterocycles. The largest absolute Gasteiger partial charge is 0.399 e. The quantitative estimate of drug-likeness (QED) is 0.384. The number of H-pyrrole nitrogens is 1. The van der Waals surface area contributed by atoms with Gasteiger partial charge in [0.25, 0.3) is 5.69 Å². The maximum Gasteiger partial charge on any atom is 0.271 e. The maximum absolute atomic E-state index is 10.7. The van der Waals surface area contributed by atoms with Gasteiger partial charge in [0.2, 0.25) is 5.95 Å². The van der Waals surface area contributed by atoms with Crippen molar-refractivity contribution in [1.82, 2.24) is 9.97 Å². The third-order valence-corrected chi connectivity index (χ3v) is 2.83. The Hall–Kier alpha value is -3.09. The number of nitrogens with zero attached hydrogens (tertiary/aromatic N) is 2. The smallest absolute Gasteiger partial charge is 0.271 e. The van der Waals surface area contributed by atoms with E-state index in [1.807, 2.05) is 12.1 Å². The molecule has 3 aromatic rings. The van der Waals surface area contributed by atoms with Crippen molar-refractivity contribution in [2.75, 3.05) is 11.1 Å². The van der Waals surface area contributed by atoms with Crippen LogP contribution >= 0.6 is 0 Å². The molecule has 0 aliphatic heterocycles. The summed E-state index contributed by atoms with van der Waals surface area (Å²) in [5.74, 6) is 0.506. The van der Waals surface area contributed by atoms with Crippen LogP contribution < -0.4 is 11.1 Å². The highest BCUT2D eigenvalue weighted by molar-refractivity contribution is 5.80. The van der Waals surface area contributed by atoms with Crippen LogP contribution in [0, 0.1) is 10.1 Å². The van der Waals surface area contributed by atoms with Crippen LogP contribution in [0.15, 0.2) is 42.5 Å². The standard InChI is InChI=1S/C13H11N5O2/c14-8-2-1-3-9(6-8)15-13-16-11-5-4-10(18(19)20)7-12(11)17-13/h1-7H,14H2,(H2,15,16,17). The van der Waals surface area contributed by atoms with Crippen molar-refractivity contribution < 1.29 is 4.92 Å². The third kappa shape index (κ3) is 2.24. The summed E-state index contributed by atoms with van der Waals surface area (Å²) in [6.07, 6.45) is 0. The van der Waals surface area contributed by atoms with Crippen molar-refractivity contribution in [3.8, 4) is 0 Å². The fourth-order valence-electron chi connectivity index (χ4n) is 1.92. The highest BCUT2D eigenvalue weighted by Gasteiger charge is 2.09. The van der Waals surface area contributed by atoms with Crippen LogP contribution in [0.1, 0.15) is 0 Å². The molecule has 20 heavy (non-hydrogen) atoms. The molecule has 0 unspecified atom stereocenters. The molecule has 0 fully saturated rings. The second kappa shape index (κ2) is 4.54. The van der Waals surface area contributed by atoms with E-state index in [2.05, 4.69) is 15.3 Å². The lowest BCUT2D eigenvalue weighted by Gasteiger charge is -2.02. The summed E-state index contributed by atoms with van der Waals surface area (Å²) in [5.41, 5.74) is 8.41. The topological polar surface area (TPSA) is 110 Å². The first-order valence-corrected chi connectivity index (χ1v) is 5.88. The van der Waals surface area contributed by atoms with Crippen molar-refractivity contribution in [2.45, 2.75) is 0 Å². The van der Waals surface area contributed by atoms with Crippen LogP contribution in [0.25, 0.3) is 11.0 Å². The van der Waals surface area contributed by atoms with Crippen molar-refractivity contribution in [3.63, 3.8) is 0 Å². The molecule has 4 N–H and O–H groups in total. The molecule has 7 nitrogen and oxygen atoms in total. The highest BCUT2D eigenvalue weighted by atomic mass is 16.6. The van der Waals surface area contributed by atoms with Gasteiger partial charge in [0.05, 0.1) is 16.0 Å². The average Bonchev–Trinajstić information content (AvgIpc) is 2.79. The van der Waals surface area contributed by atoms with Crippen molar-refractivity contribution >= 4 is 34.0 Å². The van der Waals surface area contributed by atoms with Crippen molar-refractivity contribution in [2.24, 2.45) is 0 Å². The molecule has 1 heterocycles. The minimum absolute atomic E-state index is 0.0247. The fourth-order valence-corrected chi connectivity index (χ4v) is 1.92. The van der Waals surface area contributed by atoms with Crippen LogP contribution in [-0.4, -0.2) is 14.9 Å². The number of nitro groups is 1. The Labute approximate surface area is 113 Å². The number of anilines is 3. The molecule has 0 saturated carbocycles. The summed E-state index contributed by atoms with van der Waals surface area (Å²) < 4.78 is 0. The Morgan fingerprint density at radius 3 is 2.85 bits per heavy atom. The van der Waals surface area contributed by atoms with Gasteiger partial charge in [-0.05, 0) is 24.3 Å². The van der Waals surface area contributed by atoms with Gasteiger partial charge >= 0.3 is 0 Å². The predicted molar refractivity (Wildman–Crippen MR) is 76.9 cm³/mol. The molecular formula is C13H11N5O2. The second-order valence-electron chi connectivity index (χ2n) is 4.29. The summed E-state index contributed by atoms with van der Waals surface area (Å²) in [4.78, 5) is 17.6. The summed E-state index contributed by atoms with van der Waals surface area (Å²) >= 11 is 0. The monoisotopic (exact) mass is 269 g/mol. The number of rotatable bonds is 3. The number of nitrogens with one attached hydrogen (secondary N) is 2. The van der Waals surface area contributed by atoms with Crippen LogP contribution in [0.3, 0.4) is 0 Å². The number of nitrogen functional groups attached to an aromatic ring is 1. The minimum Gasteiger partial charge on any atom is -0.399 e. The number of hydrogen-bond donors (Lipinski definition) is 3. The lowest BCUT2D eigenvalue weighted by Crippen LogP contribution is -1.93. The predicted octanol–water partition coefficient (Wildman–Crippen LogP) is 2.80. The van der Waals surface area contributed by atoms with E-state index in [0.717, 1.165) is 5.69 Å². The second-order valence-corrected chi connectivity index (χ2v) is 4.29. The number of imidazole rings is 1. The lowest BCUT2D eigenvalue weighted by atomic mass is 10.3. The molecule has 0 aliphatic carbocycles. The fraction of sp³-hybridized carbons (Fsp3) is 0. The van der Waals surface area contributed by atoms with E-state index >= 15 is 0 Å². The summed E-state index contributed by atoms with van der Waals surface area (Å²) in [6, 6.07) is 11.7. The zero-order valence-corrected chi connectivity index (χ0v) is 10.3. The van der Waals surface area contributed by atoms with Gasteiger partial charge in [-0.2, -0.15) is 0 Å². The zero-order chi connectivity index (χ0) is 14.1. The van der Waals surface area contributed by atoms with E-state index in [0.29, 0.717) is 22.7 Å². The SMILES string of the molecule is Nc1cccc(Nc2nc3ccc([N+](=O)[O-])cc3[nH]2)c1. The van der Waals surface area contributed by atoms with Gasteiger partial charge in [0.1, 0.15) is 0 Å². The normalized spacial score (nSPS) is 10.6. The maximum atomic E-state index is 10.7. The van der Waals surface area contributed by atoms with Crippen LogP contribution in [-0.2, 0) is 0 Å². The number of nitro benzene ring substituents is 1. The Bertz CT molecular complexity index is 796. The first kappa shape index (κ1) is 12.0. The van der Waals surface area contributed by atoms with Crippen LogP contribution in [0.2, 0.25) is 0 Å². The number of hydrogen-bond acceptors (Lipinski definition) is 5. The molecule has 7 heteroatoms. The molecule has 1 aromatic heterocycles. The summed E-state index contributed by atoms with van der Waals surface area (Å²) in [6.45, 7) is 0. The number of non-ortho nitro benzene ring substituents is 1. The van der Waals surface area contributed by atoms with E-state index in [1.54, 1.807) is 18.2 Å². The zero-order valence-electron chi connectivity index (χ0n) is 10.3. The van der Waals surface area contributed by atoms with Gasteiger partial charge in [-0.25, -0.2) is 4.98 Å². The Balaban J connectivity index is 1.95. The molecule has 0 bridgehead atoms. The molecule has 0 aliphatic rings. The molecule has 3 rings (SSSR count). The molecule has 0 atom stereocenters.